The molecule has 9 heavy (non-hydrogen) atoms. The van der Waals surface area contributed by atoms with Gasteiger partial charge in [0.05, 0.1) is 5.03 Å². The second kappa shape index (κ2) is 2.35. The minimum atomic E-state index is -0.614. The molecule has 1 radical (unpaired) electrons. The van der Waals surface area contributed by atoms with Crippen molar-refractivity contribution in [1.29, 1.82) is 0 Å². The summed E-state index contributed by atoms with van der Waals surface area (Å²) in [5, 5.41) is 2.77. The van der Waals surface area contributed by atoms with Crippen LogP contribution in [0.4, 0.5) is 4.39 Å². The van der Waals surface area contributed by atoms with Gasteiger partial charge in [-0.05, 0) is 6.92 Å². The van der Waals surface area contributed by atoms with Crippen LogP contribution in [-0.4, -0.2) is 6.21 Å². The van der Waals surface area contributed by atoms with E-state index < -0.39 is 6.42 Å². The van der Waals surface area contributed by atoms with E-state index in [1.807, 2.05) is 0 Å². The van der Waals surface area contributed by atoms with Crippen LogP contribution in [0.1, 0.15) is 6.92 Å². The molecule has 0 amide bonds. The molecule has 0 aromatic rings. The molecule has 0 atom stereocenters. The number of rotatable bonds is 0. The Labute approximate surface area is 57.4 Å². The number of nitrogens with zero attached hydrogens (tertiary/aromatic N) is 1. The maximum absolute atomic E-state index is 12.1. The average molecular weight is 148 g/mol. The summed E-state index contributed by atoms with van der Waals surface area (Å²) < 4.78 is 12.1. The third-order valence-corrected chi connectivity index (χ3v) is 1.32. The Balaban J connectivity index is 2.75. The van der Waals surface area contributed by atoms with Crippen molar-refractivity contribution < 1.29 is 4.39 Å². The summed E-state index contributed by atoms with van der Waals surface area (Å²) in [6.07, 6.45) is 0.653. The SMILES string of the molecule is CC1=C(Cl)C=N[C](F)N1. The van der Waals surface area contributed by atoms with Gasteiger partial charge in [0.15, 0.2) is 0 Å². The Hall–Kier alpha value is -0.570. The third kappa shape index (κ3) is 1.42. The third-order valence-electron chi connectivity index (χ3n) is 0.940. The molecule has 1 aliphatic heterocycles. The largest absolute Gasteiger partial charge is 0.350 e. The fraction of sp³-hybridized carbons (Fsp3) is 0.200. The average Bonchev–Trinajstić information content (AvgIpc) is 1.80. The number of nitrogens with one attached hydrogen (secondary N) is 1. The first-order chi connectivity index (χ1) is 4.20. The molecule has 1 rings (SSSR count). The Morgan fingerprint density at radius 1 is 1.78 bits per heavy atom. The molecule has 0 saturated heterocycles. The summed E-state index contributed by atoms with van der Waals surface area (Å²) >= 11 is 5.52. The second-order valence-corrected chi connectivity index (χ2v) is 2.05. The number of hydrogen-bond donors (Lipinski definition) is 1. The van der Waals surface area contributed by atoms with E-state index in [2.05, 4.69) is 10.3 Å². The van der Waals surface area contributed by atoms with E-state index in [4.69, 9.17) is 11.6 Å². The van der Waals surface area contributed by atoms with Gasteiger partial charge in [-0.25, -0.2) is 4.99 Å². The van der Waals surface area contributed by atoms with Gasteiger partial charge in [0.25, 0.3) is 0 Å². The lowest BCUT2D eigenvalue weighted by Gasteiger charge is -2.10. The molecule has 1 N–H and O–H groups in total. The van der Waals surface area contributed by atoms with Gasteiger partial charge in [-0.2, -0.15) is 4.39 Å². The Morgan fingerprint density at radius 3 is 2.89 bits per heavy atom. The lowest BCUT2D eigenvalue weighted by atomic mass is 10.4. The van der Waals surface area contributed by atoms with Gasteiger partial charge in [0, 0.05) is 11.9 Å². The summed E-state index contributed by atoms with van der Waals surface area (Å²) in [6, 6.07) is 0. The van der Waals surface area contributed by atoms with E-state index in [9.17, 15) is 4.39 Å². The predicted molar refractivity (Wildman–Crippen MR) is 34.5 cm³/mol. The molecule has 49 valence electrons. The first-order valence-electron chi connectivity index (χ1n) is 2.40. The summed E-state index contributed by atoms with van der Waals surface area (Å²) in [7, 11) is 0. The van der Waals surface area contributed by atoms with Crippen molar-refractivity contribution in [1.82, 2.24) is 5.32 Å². The smallest absolute Gasteiger partial charge is 0.331 e. The monoisotopic (exact) mass is 147 g/mol. The number of hydrogen-bond acceptors (Lipinski definition) is 2. The topological polar surface area (TPSA) is 24.4 Å². The minimum absolute atomic E-state index is 0.441. The highest BCUT2D eigenvalue weighted by atomic mass is 35.5. The van der Waals surface area contributed by atoms with E-state index in [0.29, 0.717) is 10.7 Å². The number of allylic oxidation sites excluding steroid dienone is 2. The quantitative estimate of drug-likeness (QED) is 0.517. The summed E-state index contributed by atoms with van der Waals surface area (Å²) in [6.45, 7) is 1.67. The number of halogens is 2. The van der Waals surface area contributed by atoms with Crippen molar-refractivity contribution in [2.75, 3.05) is 0 Å². The van der Waals surface area contributed by atoms with Crippen molar-refractivity contribution in [2.45, 2.75) is 6.92 Å². The number of aliphatic imine (C=N–C) groups is 1. The predicted octanol–water partition coefficient (Wildman–Crippen LogP) is 1.55. The van der Waals surface area contributed by atoms with Crippen LogP contribution in [0.25, 0.3) is 0 Å². The van der Waals surface area contributed by atoms with Gasteiger partial charge in [0.2, 0.25) is 0 Å². The molecule has 0 fully saturated rings. The molecule has 2 nitrogen and oxygen atoms in total. The zero-order valence-corrected chi connectivity index (χ0v) is 5.54. The standard InChI is InChI=1S/C5H5ClFN2/c1-3-4(6)2-8-5(7)9-3/h2,9H,1H3. The molecule has 1 heterocycles. The fourth-order valence-electron chi connectivity index (χ4n) is 0.457. The first-order valence-corrected chi connectivity index (χ1v) is 2.78. The molecular weight excluding hydrogens is 143 g/mol. The molecule has 0 aromatic heterocycles. The van der Waals surface area contributed by atoms with Gasteiger partial charge < -0.3 is 5.32 Å². The second-order valence-electron chi connectivity index (χ2n) is 1.65. The van der Waals surface area contributed by atoms with Gasteiger partial charge in [0.1, 0.15) is 0 Å². The summed E-state index contributed by atoms with van der Waals surface area (Å²) in [4.78, 5) is 3.29. The molecular formula is C5H5ClFN2. The maximum Gasteiger partial charge on any atom is 0.350 e. The lowest BCUT2D eigenvalue weighted by Crippen LogP contribution is -2.18. The van der Waals surface area contributed by atoms with Gasteiger partial charge in [-0.3, -0.25) is 0 Å². The van der Waals surface area contributed by atoms with Crippen LogP contribution >= 0.6 is 11.6 Å². The highest BCUT2D eigenvalue weighted by Crippen LogP contribution is 2.13. The van der Waals surface area contributed by atoms with Crippen LogP contribution < -0.4 is 5.32 Å². The van der Waals surface area contributed by atoms with Crippen molar-refractivity contribution in [3.05, 3.63) is 17.1 Å². The molecule has 0 saturated carbocycles. The normalized spacial score (nSPS) is 20.3. The lowest BCUT2D eigenvalue weighted by molar-refractivity contribution is 0.440. The highest BCUT2D eigenvalue weighted by Gasteiger charge is 2.11. The van der Waals surface area contributed by atoms with E-state index in [1.165, 1.54) is 6.21 Å². The van der Waals surface area contributed by atoms with E-state index in [-0.39, 0.29) is 0 Å². The van der Waals surface area contributed by atoms with Crippen molar-refractivity contribution in [3.8, 4) is 0 Å². The molecule has 4 heteroatoms. The van der Waals surface area contributed by atoms with Crippen LogP contribution in [0.3, 0.4) is 0 Å². The minimum Gasteiger partial charge on any atom is -0.331 e. The molecule has 0 unspecified atom stereocenters. The zero-order chi connectivity index (χ0) is 6.85. The van der Waals surface area contributed by atoms with E-state index in [0.717, 1.165) is 0 Å². The summed E-state index contributed by atoms with van der Waals surface area (Å²) in [5.74, 6) is 0. The molecule has 0 aromatic carbocycles. The van der Waals surface area contributed by atoms with Gasteiger partial charge in [-0.1, -0.05) is 11.6 Å². The van der Waals surface area contributed by atoms with Crippen LogP contribution in [0.15, 0.2) is 15.7 Å². The zero-order valence-electron chi connectivity index (χ0n) is 4.78. The Bertz CT molecular complexity index is 176. The molecule has 0 bridgehead atoms. The van der Waals surface area contributed by atoms with E-state index in [1.54, 1.807) is 6.92 Å². The molecule has 0 aliphatic carbocycles. The van der Waals surface area contributed by atoms with Crippen LogP contribution in [0, 0.1) is 6.42 Å². The van der Waals surface area contributed by atoms with Crippen LogP contribution in [0.2, 0.25) is 0 Å². The highest BCUT2D eigenvalue weighted by molar-refractivity contribution is 6.39. The maximum atomic E-state index is 12.1. The first kappa shape index (κ1) is 6.55. The molecule has 1 aliphatic rings. The van der Waals surface area contributed by atoms with Crippen molar-refractivity contribution in [2.24, 2.45) is 4.99 Å². The van der Waals surface area contributed by atoms with Gasteiger partial charge in [-0.15, -0.1) is 0 Å². The fourth-order valence-corrected chi connectivity index (χ4v) is 0.553. The Kier molecular flexibility index (Phi) is 1.71. The van der Waals surface area contributed by atoms with Crippen LogP contribution in [0.5, 0.6) is 0 Å². The van der Waals surface area contributed by atoms with Crippen molar-refractivity contribution in [3.63, 3.8) is 0 Å². The Morgan fingerprint density at radius 2 is 2.44 bits per heavy atom. The van der Waals surface area contributed by atoms with Crippen molar-refractivity contribution >= 4 is 17.8 Å². The van der Waals surface area contributed by atoms with Gasteiger partial charge >= 0.3 is 6.42 Å². The summed E-state index contributed by atoms with van der Waals surface area (Å²) in [5.41, 5.74) is 0.587. The van der Waals surface area contributed by atoms with Crippen LogP contribution in [-0.2, 0) is 0 Å². The molecule has 0 spiro atoms. The van der Waals surface area contributed by atoms with E-state index >= 15 is 0 Å².